The van der Waals surface area contributed by atoms with Gasteiger partial charge in [-0.3, -0.25) is 0 Å². The maximum atomic E-state index is 6.02. The largest absolute Gasteiger partial charge is 0.347 e. The molecule has 0 bridgehead atoms. The zero-order chi connectivity index (χ0) is 11.0. The lowest BCUT2D eigenvalue weighted by molar-refractivity contribution is -0.335. The summed E-state index contributed by atoms with van der Waals surface area (Å²) in [6.45, 7) is 12.9. The van der Waals surface area contributed by atoms with Crippen molar-refractivity contribution in [2.75, 3.05) is 0 Å². The molecule has 0 aliphatic carbocycles. The van der Waals surface area contributed by atoms with E-state index in [1.165, 1.54) is 0 Å². The molecule has 0 spiro atoms. The van der Waals surface area contributed by atoms with Crippen molar-refractivity contribution in [2.45, 2.75) is 71.9 Å². The summed E-state index contributed by atoms with van der Waals surface area (Å²) in [5.41, 5.74) is -0.0543. The summed E-state index contributed by atoms with van der Waals surface area (Å²) in [6.07, 6.45) is 2.23. The Kier molecular flexibility index (Phi) is 3.27. The minimum absolute atomic E-state index is 0.0543. The second-order valence-corrected chi connectivity index (χ2v) is 5.73. The summed E-state index contributed by atoms with van der Waals surface area (Å²) in [7, 11) is 0. The minimum atomic E-state index is -0.394. The normalized spacial score (nSPS) is 37.5. The van der Waals surface area contributed by atoms with Gasteiger partial charge in [-0.2, -0.15) is 0 Å². The Morgan fingerprint density at radius 3 is 2.29 bits per heavy atom. The van der Waals surface area contributed by atoms with E-state index in [-0.39, 0.29) is 5.60 Å². The van der Waals surface area contributed by atoms with Crippen molar-refractivity contribution in [1.29, 1.82) is 0 Å². The average Bonchev–Trinajstić information content (AvgIpc) is 1.74. The molecule has 0 aromatic heterocycles. The highest BCUT2D eigenvalue weighted by Crippen LogP contribution is 2.37. The van der Waals surface area contributed by atoms with Crippen LogP contribution in [0.3, 0.4) is 0 Å². The summed E-state index contributed by atoms with van der Waals surface area (Å²) < 4.78 is 11.9. The van der Waals surface area contributed by atoms with E-state index in [1.54, 1.807) is 0 Å². The maximum absolute atomic E-state index is 6.02. The van der Waals surface area contributed by atoms with Gasteiger partial charge in [0.15, 0.2) is 5.79 Å². The fourth-order valence-corrected chi connectivity index (χ4v) is 2.64. The molecule has 1 aliphatic rings. The van der Waals surface area contributed by atoms with Crippen molar-refractivity contribution < 1.29 is 9.47 Å². The van der Waals surface area contributed by atoms with Crippen LogP contribution in [-0.4, -0.2) is 17.5 Å². The maximum Gasteiger partial charge on any atom is 0.166 e. The van der Waals surface area contributed by atoms with Gasteiger partial charge in [-0.1, -0.05) is 13.8 Å². The number of rotatable bonds is 2. The summed E-state index contributed by atoms with van der Waals surface area (Å²) in [5, 5.41) is 0. The predicted octanol–water partition coefficient (Wildman–Crippen LogP) is 3.35. The standard InChI is InChI=1S/C12H24O2/c1-9(2)7-12(6)13-10(3)8-11(4,5)14-12/h9-10H,7-8H2,1-6H3. The molecule has 0 N–H and O–H groups in total. The Morgan fingerprint density at radius 1 is 1.29 bits per heavy atom. The third kappa shape index (κ3) is 3.25. The molecule has 1 fully saturated rings. The highest BCUT2D eigenvalue weighted by molar-refractivity contribution is 4.83. The van der Waals surface area contributed by atoms with E-state index in [0.717, 1.165) is 12.8 Å². The molecule has 2 nitrogen and oxygen atoms in total. The molecule has 2 atom stereocenters. The SMILES string of the molecule is CC(C)CC1(C)OC(C)CC(C)(C)O1. The lowest BCUT2D eigenvalue weighted by atomic mass is 9.95. The first-order valence-electron chi connectivity index (χ1n) is 5.60. The monoisotopic (exact) mass is 200 g/mol. The lowest BCUT2D eigenvalue weighted by Gasteiger charge is -2.46. The van der Waals surface area contributed by atoms with Crippen LogP contribution in [0.25, 0.3) is 0 Å². The van der Waals surface area contributed by atoms with Gasteiger partial charge in [-0.15, -0.1) is 0 Å². The molecule has 1 rings (SSSR count). The lowest BCUT2D eigenvalue weighted by Crippen LogP contribution is -2.50. The van der Waals surface area contributed by atoms with E-state index >= 15 is 0 Å². The van der Waals surface area contributed by atoms with Crippen LogP contribution in [0.5, 0.6) is 0 Å². The Hall–Kier alpha value is -0.0800. The Balaban J connectivity index is 2.68. The van der Waals surface area contributed by atoms with E-state index < -0.39 is 5.79 Å². The topological polar surface area (TPSA) is 18.5 Å². The summed E-state index contributed by atoms with van der Waals surface area (Å²) >= 11 is 0. The number of hydrogen-bond donors (Lipinski definition) is 0. The van der Waals surface area contributed by atoms with Crippen molar-refractivity contribution in [2.24, 2.45) is 5.92 Å². The first kappa shape index (κ1) is 12.0. The molecular weight excluding hydrogens is 176 g/mol. The molecule has 2 heteroatoms. The quantitative estimate of drug-likeness (QED) is 0.680. The number of ether oxygens (including phenoxy) is 2. The van der Waals surface area contributed by atoms with Gasteiger partial charge < -0.3 is 9.47 Å². The first-order chi connectivity index (χ1) is 6.22. The Morgan fingerprint density at radius 2 is 1.86 bits per heavy atom. The van der Waals surface area contributed by atoms with Crippen molar-refractivity contribution in [3.63, 3.8) is 0 Å². The van der Waals surface area contributed by atoms with Crippen LogP contribution in [-0.2, 0) is 9.47 Å². The van der Waals surface area contributed by atoms with Gasteiger partial charge >= 0.3 is 0 Å². The molecule has 0 radical (unpaired) electrons. The Labute approximate surface area is 88.0 Å². The van der Waals surface area contributed by atoms with Gasteiger partial charge in [0.1, 0.15) is 0 Å². The van der Waals surface area contributed by atoms with Crippen LogP contribution in [0.4, 0.5) is 0 Å². The smallest absolute Gasteiger partial charge is 0.166 e. The van der Waals surface area contributed by atoms with Crippen LogP contribution in [0.15, 0.2) is 0 Å². The highest BCUT2D eigenvalue weighted by atomic mass is 16.7. The minimum Gasteiger partial charge on any atom is -0.347 e. The molecule has 0 aromatic rings. The third-order valence-corrected chi connectivity index (χ3v) is 2.50. The van der Waals surface area contributed by atoms with Crippen LogP contribution in [0.2, 0.25) is 0 Å². The van der Waals surface area contributed by atoms with Crippen molar-refractivity contribution >= 4 is 0 Å². The van der Waals surface area contributed by atoms with Gasteiger partial charge in [0.05, 0.1) is 11.7 Å². The van der Waals surface area contributed by atoms with Gasteiger partial charge in [0, 0.05) is 12.8 Å². The molecule has 0 aromatic carbocycles. The molecule has 1 heterocycles. The second-order valence-electron chi connectivity index (χ2n) is 5.73. The van der Waals surface area contributed by atoms with Gasteiger partial charge in [-0.25, -0.2) is 0 Å². The van der Waals surface area contributed by atoms with Crippen molar-refractivity contribution in [3.8, 4) is 0 Å². The molecule has 1 aliphatic heterocycles. The van der Waals surface area contributed by atoms with E-state index in [2.05, 4.69) is 41.5 Å². The van der Waals surface area contributed by atoms with Crippen molar-refractivity contribution in [3.05, 3.63) is 0 Å². The van der Waals surface area contributed by atoms with E-state index in [1.807, 2.05) is 0 Å². The van der Waals surface area contributed by atoms with E-state index in [0.29, 0.717) is 12.0 Å². The number of hydrogen-bond acceptors (Lipinski definition) is 2. The van der Waals surface area contributed by atoms with Crippen LogP contribution in [0.1, 0.15) is 54.4 Å². The van der Waals surface area contributed by atoms with Gasteiger partial charge in [-0.05, 0) is 33.6 Å². The molecule has 2 unspecified atom stereocenters. The van der Waals surface area contributed by atoms with Crippen LogP contribution < -0.4 is 0 Å². The first-order valence-corrected chi connectivity index (χ1v) is 5.60. The zero-order valence-corrected chi connectivity index (χ0v) is 10.4. The molecule has 1 saturated heterocycles. The fraction of sp³-hybridized carbons (Fsp3) is 1.00. The highest BCUT2D eigenvalue weighted by Gasteiger charge is 2.41. The Bertz CT molecular complexity index is 194. The predicted molar refractivity (Wildman–Crippen MR) is 58.2 cm³/mol. The molecule has 0 saturated carbocycles. The second kappa shape index (κ2) is 3.82. The van der Waals surface area contributed by atoms with Gasteiger partial charge in [0.2, 0.25) is 0 Å². The van der Waals surface area contributed by atoms with Crippen LogP contribution in [0, 0.1) is 5.92 Å². The summed E-state index contributed by atoms with van der Waals surface area (Å²) in [5.74, 6) is 0.205. The zero-order valence-electron chi connectivity index (χ0n) is 10.4. The summed E-state index contributed by atoms with van der Waals surface area (Å²) in [4.78, 5) is 0. The third-order valence-electron chi connectivity index (χ3n) is 2.50. The molecule has 0 amide bonds. The molecule has 84 valence electrons. The molecule has 14 heavy (non-hydrogen) atoms. The van der Waals surface area contributed by atoms with E-state index in [9.17, 15) is 0 Å². The van der Waals surface area contributed by atoms with Crippen LogP contribution >= 0.6 is 0 Å². The fourth-order valence-electron chi connectivity index (χ4n) is 2.64. The summed E-state index contributed by atoms with van der Waals surface area (Å²) in [6, 6.07) is 0. The van der Waals surface area contributed by atoms with Crippen molar-refractivity contribution in [1.82, 2.24) is 0 Å². The van der Waals surface area contributed by atoms with E-state index in [4.69, 9.17) is 9.47 Å². The average molecular weight is 200 g/mol. The molecular formula is C12H24O2. The van der Waals surface area contributed by atoms with Gasteiger partial charge in [0.25, 0.3) is 0 Å².